The summed E-state index contributed by atoms with van der Waals surface area (Å²) in [5.74, 6) is -0.911. The van der Waals surface area contributed by atoms with Gasteiger partial charge in [0, 0.05) is 28.4 Å². The zero-order chi connectivity index (χ0) is 17.7. The minimum atomic E-state index is -0.826. The van der Waals surface area contributed by atoms with Gasteiger partial charge in [-0.05, 0) is 37.3 Å². The first-order valence-corrected chi connectivity index (χ1v) is 7.36. The monoisotopic (exact) mass is 347 g/mol. The van der Waals surface area contributed by atoms with E-state index in [0.29, 0.717) is 10.6 Å². The number of hydrogen-bond acceptors (Lipinski definition) is 4. The third-order valence-corrected chi connectivity index (χ3v) is 3.42. The van der Waals surface area contributed by atoms with E-state index < -0.39 is 22.8 Å². The quantitative estimate of drug-likeness (QED) is 0.641. The van der Waals surface area contributed by atoms with Gasteiger partial charge in [0.15, 0.2) is 0 Å². The number of benzene rings is 2. The Bertz CT molecular complexity index is 777. The van der Waals surface area contributed by atoms with Crippen molar-refractivity contribution in [2.45, 2.75) is 13.0 Å². The molecular formula is C16H14ClN3O4. The highest BCUT2D eigenvalue weighted by Crippen LogP contribution is 2.17. The van der Waals surface area contributed by atoms with Gasteiger partial charge in [0.25, 0.3) is 11.6 Å². The molecule has 0 aliphatic carbocycles. The molecule has 1 unspecified atom stereocenters. The molecule has 0 aromatic heterocycles. The van der Waals surface area contributed by atoms with Gasteiger partial charge in [0.05, 0.1) is 4.92 Å². The van der Waals surface area contributed by atoms with Crippen LogP contribution in [0.2, 0.25) is 5.02 Å². The largest absolute Gasteiger partial charge is 0.341 e. The number of carbonyl (C=O) groups excluding carboxylic acids is 2. The Morgan fingerprint density at radius 2 is 1.83 bits per heavy atom. The Hall–Kier alpha value is -2.93. The summed E-state index contributed by atoms with van der Waals surface area (Å²) in [6.07, 6.45) is 0. The predicted molar refractivity (Wildman–Crippen MR) is 90.1 cm³/mol. The Kier molecular flexibility index (Phi) is 5.49. The van der Waals surface area contributed by atoms with Crippen molar-refractivity contribution in [2.24, 2.45) is 0 Å². The van der Waals surface area contributed by atoms with Crippen molar-refractivity contribution in [3.8, 4) is 0 Å². The number of amides is 2. The molecule has 0 fully saturated rings. The number of non-ortho nitro benzene ring substituents is 1. The lowest BCUT2D eigenvalue weighted by Gasteiger charge is -2.14. The molecule has 2 rings (SSSR count). The number of nitrogens with zero attached hydrogens (tertiary/aromatic N) is 1. The second kappa shape index (κ2) is 7.56. The standard InChI is InChI=1S/C16H14ClN3O4/c1-10(18-16(22)11-5-7-12(17)8-6-11)15(21)19-13-3-2-4-14(9-13)20(23)24/h2-10H,1H3,(H,18,22)(H,19,21). The molecule has 0 spiro atoms. The fourth-order valence-electron chi connectivity index (χ4n) is 1.89. The van der Waals surface area contributed by atoms with Crippen LogP contribution in [0.1, 0.15) is 17.3 Å². The lowest BCUT2D eigenvalue weighted by molar-refractivity contribution is -0.384. The van der Waals surface area contributed by atoms with Gasteiger partial charge in [0.2, 0.25) is 5.91 Å². The van der Waals surface area contributed by atoms with Gasteiger partial charge in [-0.25, -0.2) is 0 Å². The number of anilines is 1. The number of hydrogen-bond donors (Lipinski definition) is 2. The Labute approximate surface area is 142 Å². The van der Waals surface area contributed by atoms with E-state index in [4.69, 9.17) is 11.6 Å². The van der Waals surface area contributed by atoms with E-state index >= 15 is 0 Å². The molecule has 0 saturated heterocycles. The molecule has 2 aromatic rings. The second-order valence-electron chi connectivity index (χ2n) is 5.00. The molecule has 1 atom stereocenters. The number of rotatable bonds is 5. The van der Waals surface area contributed by atoms with Crippen LogP contribution in [0, 0.1) is 10.1 Å². The van der Waals surface area contributed by atoms with Crippen LogP contribution >= 0.6 is 11.6 Å². The third kappa shape index (κ3) is 4.53. The summed E-state index contributed by atoms with van der Waals surface area (Å²) < 4.78 is 0. The van der Waals surface area contributed by atoms with Crippen molar-refractivity contribution >= 4 is 34.8 Å². The summed E-state index contributed by atoms with van der Waals surface area (Å²) in [6, 6.07) is 11.0. The molecule has 2 N–H and O–H groups in total. The number of nitrogens with one attached hydrogen (secondary N) is 2. The molecule has 2 amide bonds. The summed E-state index contributed by atoms with van der Waals surface area (Å²) in [7, 11) is 0. The smallest absolute Gasteiger partial charge is 0.271 e. The maximum atomic E-state index is 12.1. The highest BCUT2D eigenvalue weighted by Gasteiger charge is 2.17. The van der Waals surface area contributed by atoms with Gasteiger partial charge in [-0.3, -0.25) is 19.7 Å². The number of nitro benzene ring substituents is 1. The predicted octanol–water partition coefficient (Wildman–Crippen LogP) is 3.01. The molecule has 124 valence electrons. The van der Waals surface area contributed by atoms with Crippen LogP contribution in [-0.4, -0.2) is 22.8 Å². The SMILES string of the molecule is CC(NC(=O)c1ccc(Cl)cc1)C(=O)Nc1cccc([N+](=O)[O-])c1. The summed E-state index contributed by atoms with van der Waals surface area (Å²) in [4.78, 5) is 34.3. The lowest BCUT2D eigenvalue weighted by Crippen LogP contribution is -2.41. The topological polar surface area (TPSA) is 101 Å². The van der Waals surface area contributed by atoms with E-state index in [1.165, 1.54) is 31.2 Å². The molecular weight excluding hydrogens is 334 g/mol. The summed E-state index contributed by atoms with van der Waals surface area (Å²) in [6.45, 7) is 1.51. The highest BCUT2D eigenvalue weighted by molar-refractivity contribution is 6.30. The van der Waals surface area contributed by atoms with Crippen molar-refractivity contribution in [1.82, 2.24) is 5.32 Å². The molecule has 0 aliphatic rings. The molecule has 0 heterocycles. The molecule has 0 saturated carbocycles. The number of carbonyl (C=O) groups is 2. The highest BCUT2D eigenvalue weighted by atomic mass is 35.5. The fraction of sp³-hybridized carbons (Fsp3) is 0.125. The lowest BCUT2D eigenvalue weighted by atomic mass is 10.2. The molecule has 7 nitrogen and oxygen atoms in total. The molecule has 2 aromatic carbocycles. The van der Waals surface area contributed by atoms with Crippen molar-refractivity contribution in [3.05, 3.63) is 69.2 Å². The minimum absolute atomic E-state index is 0.134. The Balaban J connectivity index is 1.99. The third-order valence-electron chi connectivity index (χ3n) is 3.17. The Morgan fingerprint density at radius 1 is 1.17 bits per heavy atom. The fourth-order valence-corrected chi connectivity index (χ4v) is 2.02. The number of halogens is 1. The van der Waals surface area contributed by atoms with Gasteiger partial charge in [-0.1, -0.05) is 17.7 Å². The molecule has 0 bridgehead atoms. The second-order valence-corrected chi connectivity index (χ2v) is 5.44. The van der Waals surface area contributed by atoms with Crippen LogP contribution in [0.15, 0.2) is 48.5 Å². The van der Waals surface area contributed by atoms with Crippen LogP contribution in [0.5, 0.6) is 0 Å². The Morgan fingerprint density at radius 3 is 2.46 bits per heavy atom. The van der Waals surface area contributed by atoms with Crippen LogP contribution in [0.3, 0.4) is 0 Å². The molecule has 0 aliphatic heterocycles. The van der Waals surface area contributed by atoms with Gasteiger partial charge < -0.3 is 10.6 Å². The van der Waals surface area contributed by atoms with Crippen molar-refractivity contribution in [1.29, 1.82) is 0 Å². The molecule has 0 radical (unpaired) electrons. The van der Waals surface area contributed by atoms with Crippen molar-refractivity contribution < 1.29 is 14.5 Å². The molecule has 8 heteroatoms. The van der Waals surface area contributed by atoms with E-state index in [0.717, 1.165) is 0 Å². The summed E-state index contributed by atoms with van der Waals surface area (Å²) in [5.41, 5.74) is 0.516. The van der Waals surface area contributed by atoms with Gasteiger partial charge in [0.1, 0.15) is 6.04 Å². The number of nitro groups is 1. The van der Waals surface area contributed by atoms with E-state index in [-0.39, 0.29) is 11.4 Å². The zero-order valence-corrected chi connectivity index (χ0v) is 13.4. The van der Waals surface area contributed by atoms with E-state index in [1.807, 2.05) is 0 Å². The summed E-state index contributed by atoms with van der Waals surface area (Å²) in [5, 5.41) is 16.3. The maximum Gasteiger partial charge on any atom is 0.271 e. The van der Waals surface area contributed by atoms with Crippen LogP contribution in [-0.2, 0) is 4.79 Å². The van der Waals surface area contributed by atoms with Crippen molar-refractivity contribution in [2.75, 3.05) is 5.32 Å². The van der Waals surface area contributed by atoms with Crippen molar-refractivity contribution in [3.63, 3.8) is 0 Å². The van der Waals surface area contributed by atoms with Crippen LogP contribution < -0.4 is 10.6 Å². The van der Waals surface area contributed by atoms with Gasteiger partial charge in [-0.2, -0.15) is 0 Å². The normalized spacial score (nSPS) is 11.4. The average Bonchev–Trinajstić information content (AvgIpc) is 2.55. The van der Waals surface area contributed by atoms with Crippen LogP contribution in [0.4, 0.5) is 11.4 Å². The van der Waals surface area contributed by atoms with E-state index in [1.54, 1.807) is 24.3 Å². The van der Waals surface area contributed by atoms with E-state index in [2.05, 4.69) is 10.6 Å². The van der Waals surface area contributed by atoms with Gasteiger partial charge >= 0.3 is 0 Å². The zero-order valence-electron chi connectivity index (χ0n) is 12.7. The minimum Gasteiger partial charge on any atom is -0.341 e. The first kappa shape index (κ1) is 17.4. The summed E-state index contributed by atoms with van der Waals surface area (Å²) >= 11 is 5.75. The van der Waals surface area contributed by atoms with Crippen LogP contribution in [0.25, 0.3) is 0 Å². The van der Waals surface area contributed by atoms with Gasteiger partial charge in [-0.15, -0.1) is 0 Å². The first-order valence-electron chi connectivity index (χ1n) is 6.98. The van der Waals surface area contributed by atoms with E-state index in [9.17, 15) is 19.7 Å². The first-order chi connectivity index (χ1) is 11.4. The maximum absolute atomic E-state index is 12.1. The molecule has 24 heavy (non-hydrogen) atoms. The average molecular weight is 348 g/mol.